The fraction of sp³-hybridized carbons (Fsp3) is 0.667. The molecule has 0 saturated carbocycles. The second-order valence-electron chi connectivity index (χ2n) is 4.89. The molecule has 1 fully saturated rings. The van der Waals surface area contributed by atoms with Crippen molar-refractivity contribution < 1.29 is 9.13 Å². The monoisotopic (exact) mass is 272 g/mol. The molecule has 4 unspecified atom stereocenters. The van der Waals surface area contributed by atoms with Gasteiger partial charge in [0.25, 0.3) is 5.56 Å². The van der Waals surface area contributed by atoms with E-state index in [9.17, 15) is 9.18 Å². The Bertz CT molecular complexity index is 551. The molecule has 1 saturated heterocycles. The van der Waals surface area contributed by atoms with Crippen LogP contribution in [0, 0.1) is 10.7 Å². The van der Waals surface area contributed by atoms with Gasteiger partial charge < -0.3 is 4.74 Å². The molecule has 1 aromatic rings. The van der Waals surface area contributed by atoms with E-state index in [1.807, 2.05) is 13.8 Å². The fourth-order valence-corrected chi connectivity index (χ4v) is 2.66. The molecule has 0 aliphatic carbocycles. The van der Waals surface area contributed by atoms with Crippen molar-refractivity contribution in [2.45, 2.75) is 45.2 Å². The number of rotatable bonds is 2. The summed E-state index contributed by atoms with van der Waals surface area (Å²) in [6, 6.07) is 1.32. The first-order chi connectivity index (χ1) is 8.37. The zero-order valence-corrected chi connectivity index (χ0v) is 11.5. The van der Waals surface area contributed by atoms with E-state index in [0.29, 0.717) is 0 Å². The molecule has 1 aromatic heterocycles. The zero-order valence-electron chi connectivity index (χ0n) is 10.6. The number of nitrogens with zero attached hydrogens (tertiary/aromatic N) is 1. The first kappa shape index (κ1) is 13.4. The quantitative estimate of drug-likeness (QED) is 0.842. The second-order valence-corrected chi connectivity index (χ2v) is 5.28. The Kier molecular flexibility index (Phi) is 3.42. The number of nitrogens with one attached hydrogen (secondary N) is 1. The minimum Gasteiger partial charge on any atom is -0.351 e. The second kappa shape index (κ2) is 4.59. The third-order valence-corrected chi connectivity index (χ3v) is 4.05. The highest BCUT2D eigenvalue weighted by Gasteiger charge is 2.52. The molecular formula is C12H17FN2O2S. The summed E-state index contributed by atoms with van der Waals surface area (Å²) < 4.78 is 22.2. The number of ether oxygens (including phenoxy) is 1. The molecule has 0 spiro atoms. The van der Waals surface area contributed by atoms with E-state index in [-0.39, 0.29) is 22.4 Å². The normalized spacial score (nSPS) is 35.9. The average Bonchev–Trinajstić information content (AvgIpc) is 2.52. The van der Waals surface area contributed by atoms with Gasteiger partial charge in [-0.15, -0.1) is 0 Å². The molecule has 0 bridgehead atoms. The van der Waals surface area contributed by atoms with Gasteiger partial charge in [0.2, 0.25) is 0 Å². The van der Waals surface area contributed by atoms with Crippen molar-refractivity contribution in [2.24, 2.45) is 5.92 Å². The van der Waals surface area contributed by atoms with Gasteiger partial charge in [0.05, 0.1) is 6.10 Å². The summed E-state index contributed by atoms with van der Waals surface area (Å²) in [7, 11) is 0. The van der Waals surface area contributed by atoms with Gasteiger partial charge in [-0.05, 0) is 25.6 Å². The molecule has 0 radical (unpaired) electrons. The lowest BCUT2D eigenvalue weighted by Gasteiger charge is -2.26. The van der Waals surface area contributed by atoms with Crippen LogP contribution >= 0.6 is 12.2 Å². The van der Waals surface area contributed by atoms with E-state index in [2.05, 4.69) is 4.98 Å². The third-order valence-electron chi connectivity index (χ3n) is 3.74. The SMILES string of the molecule is CCC1OC(n2ccc(=O)[nH]c2=S)C(C)(F)C1C. The molecule has 0 aromatic carbocycles. The maximum Gasteiger partial charge on any atom is 0.251 e. The van der Waals surface area contributed by atoms with E-state index < -0.39 is 11.9 Å². The average molecular weight is 272 g/mol. The van der Waals surface area contributed by atoms with Gasteiger partial charge in [-0.2, -0.15) is 0 Å². The number of halogens is 1. The Morgan fingerprint density at radius 1 is 1.67 bits per heavy atom. The topological polar surface area (TPSA) is 47.0 Å². The standard InChI is InChI=1S/C12H17FN2O2S/c1-4-8-7(2)12(3,13)10(17-8)15-6-5-9(16)14-11(15)18/h5-8,10H,4H2,1-3H3,(H,14,16,18). The van der Waals surface area contributed by atoms with Crippen LogP contribution in [0.2, 0.25) is 0 Å². The number of aromatic amines is 1. The third kappa shape index (κ3) is 2.03. The van der Waals surface area contributed by atoms with E-state index >= 15 is 0 Å². The maximum absolute atomic E-state index is 14.8. The Morgan fingerprint density at radius 2 is 2.33 bits per heavy atom. The van der Waals surface area contributed by atoms with Gasteiger partial charge in [0.1, 0.15) is 0 Å². The maximum atomic E-state index is 14.8. The van der Waals surface area contributed by atoms with Crippen molar-refractivity contribution in [3.8, 4) is 0 Å². The lowest BCUT2D eigenvalue weighted by atomic mass is 9.88. The van der Waals surface area contributed by atoms with Crippen molar-refractivity contribution in [2.75, 3.05) is 0 Å². The van der Waals surface area contributed by atoms with Gasteiger partial charge in [-0.3, -0.25) is 14.3 Å². The summed E-state index contributed by atoms with van der Waals surface area (Å²) >= 11 is 5.05. The van der Waals surface area contributed by atoms with Crippen LogP contribution < -0.4 is 5.56 Å². The van der Waals surface area contributed by atoms with Crippen LogP contribution in [0.1, 0.15) is 33.4 Å². The number of hydrogen-bond acceptors (Lipinski definition) is 3. The largest absolute Gasteiger partial charge is 0.351 e. The lowest BCUT2D eigenvalue weighted by molar-refractivity contribution is -0.0490. The molecule has 18 heavy (non-hydrogen) atoms. The molecular weight excluding hydrogens is 255 g/mol. The predicted octanol–water partition coefficient (Wildman–Crippen LogP) is 2.58. The summed E-state index contributed by atoms with van der Waals surface area (Å²) in [5.41, 5.74) is -1.81. The molecule has 4 nitrogen and oxygen atoms in total. The Hall–Kier alpha value is -1.01. The van der Waals surface area contributed by atoms with Gasteiger partial charge >= 0.3 is 0 Å². The van der Waals surface area contributed by atoms with Crippen LogP contribution in [0.3, 0.4) is 0 Å². The van der Waals surface area contributed by atoms with Crippen LogP contribution in [0.25, 0.3) is 0 Å². The van der Waals surface area contributed by atoms with Crippen LogP contribution in [0.4, 0.5) is 4.39 Å². The first-order valence-corrected chi connectivity index (χ1v) is 6.44. The Labute approximate surface area is 110 Å². The smallest absolute Gasteiger partial charge is 0.251 e. The molecule has 0 amide bonds. The van der Waals surface area contributed by atoms with Gasteiger partial charge in [0, 0.05) is 18.2 Å². The zero-order chi connectivity index (χ0) is 13.5. The van der Waals surface area contributed by atoms with Crippen LogP contribution in [-0.4, -0.2) is 21.3 Å². The highest BCUT2D eigenvalue weighted by atomic mass is 32.1. The van der Waals surface area contributed by atoms with E-state index in [4.69, 9.17) is 17.0 Å². The predicted molar refractivity (Wildman–Crippen MR) is 68.8 cm³/mol. The number of H-pyrrole nitrogens is 1. The molecule has 6 heteroatoms. The molecule has 1 aliphatic heterocycles. The highest BCUT2D eigenvalue weighted by Crippen LogP contribution is 2.45. The molecule has 2 rings (SSSR count). The number of hydrogen-bond donors (Lipinski definition) is 1. The number of aromatic nitrogens is 2. The van der Waals surface area contributed by atoms with E-state index in [1.165, 1.54) is 23.8 Å². The van der Waals surface area contributed by atoms with Crippen molar-refractivity contribution in [3.05, 3.63) is 27.4 Å². The molecule has 100 valence electrons. The molecule has 4 atom stereocenters. The van der Waals surface area contributed by atoms with Crippen LogP contribution in [0.5, 0.6) is 0 Å². The van der Waals surface area contributed by atoms with E-state index in [1.54, 1.807) is 0 Å². The molecule has 1 aliphatic rings. The highest BCUT2D eigenvalue weighted by molar-refractivity contribution is 7.71. The minimum absolute atomic E-state index is 0.140. The van der Waals surface area contributed by atoms with Crippen LogP contribution in [0.15, 0.2) is 17.1 Å². The Balaban J connectivity index is 2.45. The van der Waals surface area contributed by atoms with Crippen molar-refractivity contribution >= 4 is 12.2 Å². The molecule has 1 N–H and O–H groups in total. The Morgan fingerprint density at radius 3 is 2.83 bits per heavy atom. The summed E-state index contributed by atoms with van der Waals surface area (Å²) in [5.74, 6) is -0.221. The van der Waals surface area contributed by atoms with Gasteiger partial charge in [-0.1, -0.05) is 13.8 Å². The summed E-state index contributed by atoms with van der Waals surface area (Å²) in [4.78, 5) is 13.6. The van der Waals surface area contributed by atoms with E-state index in [0.717, 1.165) is 6.42 Å². The summed E-state index contributed by atoms with van der Waals surface area (Å²) in [6.45, 7) is 5.32. The lowest BCUT2D eigenvalue weighted by Crippen LogP contribution is -2.34. The minimum atomic E-state index is -1.52. The van der Waals surface area contributed by atoms with Crippen LogP contribution in [-0.2, 0) is 4.74 Å². The first-order valence-electron chi connectivity index (χ1n) is 6.03. The molecule has 2 heterocycles. The van der Waals surface area contributed by atoms with Crippen molar-refractivity contribution in [1.82, 2.24) is 9.55 Å². The van der Waals surface area contributed by atoms with Gasteiger partial charge in [0.15, 0.2) is 16.7 Å². The summed E-state index contributed by atoms with van der Waals surface area (Å²) in [6.07, 6.45) is 1.29. The van der Waals surface area contributed by atoms with Crippen molar-refractivity contribution in [3.63, 3.8) is 0 Å². The fourth-order valence-electron chi connectivity index (χ4n) is 2.40. The summed E-state index contributed by atoms with van der Waals surface area (Å²) in [5, 5.41) is 0. The number of alkyl halides is 1. The van der Waals surface area contributed by atoms with Gasteiger partial charge in [-0.25, -0.2) is 4.39 Å². The van der Waals surface area contributed by atoms with Crippen molar-refractivity contribution in [1.29, 1.82) is 0 Å².